The number of hydrogen-bond acceptors (Lipinski definition) is 3. The predicted octanol–water partition coefficient (Wildman–Crippen LogP) is 9.40. The zero-order valence-corrected chi connectivity index (χ0v) is 23.7. The summed E-state index contributed by atoms with van der Waals surface area (Å²) in [6, 6.07) is 48.4. The van der Waals surface area contributed by atoms with Crippen molar-refractivity contribution in [2.45, 2.75) is 0 Å². The van der Waals surface area contributed by atoms with Crippen LogP contribution in [0.4, 0.5) is 0 Å². The van der Waals surface area contributed by atoms with Crippen LogP contribution in [0.5, 0.6) is 0 Å². The Morgan fingerprint density at radius 2 is 1.14 bits per heavy atom. The highest BCUT2D eigenvalue weighted by atomic mass is 15.1. The second-order valence-electron chi connectivity index (χ2n) is 10.9. The van der Waals surface area contributed by atoms with E-state index in [1.165, 1.54) is 0 Å². The summed E-state index contributed by atoms with van der Waals surface area (Å²) in [6.07, 6.45) is 3.84. The minimum Gasteiger partial charge on any atom is -0.307 e. The molecule has 0 saturated carbocycles. The number of benzene rings is 4. The molecule has 0 radical (unpaired) electrons. The molecule has 0 amide bonds. The van der Waals surface area contributed by atoms with Crippen molar-refractivity contribution < 1.29 is 0 Å². The minimum absolute atomic E-state index is 0.817. The topological polar surface area (TPSA) is 48.5 Å². The molecule has 5 aromatic heterocycles. The van der Waals surface area contributed by atoms with Crippen molar-refractivity contribution >= 4 is 43.9 Å². The first-order chi connectivity index (χ1) is 21.8. The van der Waals surface area contributed by atoms with Gasteiger partial charge in [-0.25, -0.2) is 4.98 Å². The molecule has 5 nitrogen and oxygen atoms in total. The van der Waals surface area contributed by atoms with Crippen molar-refractivity contribution in [2.24, 2.45) is 0 Å². The van der Waals surface area contributed by atoms with Gasteiger partial charge in [0.1, 0.15) is 22.4 Å². The van der Waals surface area contributed by atoms with Crippen LogP contribution in [0.25, 0.3) is 77.8 Å². The maximum Gasteiger partial charge on any atom is 0.139 e. The first kappa shape index (κ1) is 24.5. The zero-order chi connectivity index (χ0) is 29.0. The van der Waals surface area contributed by atoms with Crippen molar-refractivity contribution in [2.75, 3.05) is 0 Å². The van der Waals surface area contributed by atoms with E-state index < -0.39 is 0 Å². The van der Waals surface area contributed by atoms with E-state index in [2.05, 4.69) is 130 Å². The van der Waals surface area contributed by atoms with Gasteiger partial charge in [0.25, 0.3) is 0 Å². The molecule has 0 fully saturated rings. The molecule has 0 saturated heterocycles. The van der Waals surface area contributed by atoms with Crippen LogP contribution >= 0.6 is 0 Å². The summed E-state index contributed by atoms with van der Waals surface area (Å²) in [5.41, 5.74) is 11.1. The Balaban J connectivity index is 1.48. The Morgan fingerprint density at radius 1 is 0.455 bits per heavy atom. The second-order valence-corrected chi connectivity index (χ2v) is 10.9. The van der Waals surface area contributed by atoms with Crippen LogP contribution in [0.3, 0.4) is 0 Å². The summed E-state index contributed by atoms with van der Waals surface area (Å²) < 4.78 is 4.60. The highest BCUT2D eigenvalue weighted by molar-refractivity contribution is 6.21. The monoisotopic (exact) mass is 563 g/mol. The Kier molecular flexibility index (Phi) is 5.43. The van der Waals surface area contributed by atoms with Gasteiger partial charge in [0, 0.05) is 34.4 Å². The molecular formula is C39H25N5. The Labute approximate surface area is 253 Å². The summed E-state index contributed by atoms with van der Waals surface area (Å²) in [4.78, 5) is 15.3. The quantitative estimate of drug-likeness (QED) is 0.214. The van der Waals surface area contributed by atoms with Gasteiger partial charge in [0.05, 0.1) is 22.2 Å². The molecule has 5 heterocycles. The lowest BCUT2D eigenvalue weighted by molar-refractivity contribution is 1.08. The van der Waals surface area contributed by atoms with E-state index in [0.29, 0.717) is 0 Å². The Hall–Kier alpha value is -6.07. The molecular weight excluding hydrogens is 538 g/mol. The van der Waals surface area contributed by atoms with Gasteiger partial charge in [-0.15, -0.1) is 0 Å². The van der Waals surface area contributed by atoms with Crippen LogP contribution < -0.4 is 0 Å². The van der Waals surface area contributed by atoms with Gasteiger partial charge in [-0.3, -0.25) is 14.5 Å². The van der Waals surface area contributed by atoms with Crippen LogP contribution in [-0.2, 0) is 0 Å². The summed E-state index contributed by atoms with van der Waals surface area (Å²) >= 11 is 0. The molecule has 0 spiro atoms. The molecule has 0 bridgehead atoms. The predicted molar refractivity (Wildman–Crippen MR) is 179 cm³/mol. The maximum atomic E-state index is 5.33. The summed E-state index contributed by atoms with van der Waals surface area (Å²) in [5, 5.41) is 2.24. The number of pyridine rings is 3. The van der Waals surface area contributed by atoms with E-state index in [4.69, 9.17) is 15.0 Å². The molecule has 0 atom stereocenters. The minimum atomic E-state index is 0.817. The number of nitrogens with zero attached hydrogens (tertiary/aromatic N) is 5. The van der Waals surface area contributed by atoms with Gasteiger partial charge in [-0.05, 0) is 53.6 Å². The number of para-hydroxylation sites is 2. The average Bonchev–Trinajstić information content (AvgIpc) is 3.62. The lowest BCUT2D eigenvalue weighted by Gasteiger charge is -2.14. The summed E-state index contributed by atoms with van der Waals surface area (Å²) in [5.74, 6) is 0.817. The standard InChI is InChI=1S/C39H25N5/c1-4-13-26(14-5-1)28-23-32(27-15-6-2-7-16-27)42-35(24-28)44-34-21-12-22-40-36(34)37-39(44)38-31(25-41-37)30-19-10-11-20-33(30)43(38)29-17-8-3-9-18-29/h1-25H. The lowest BCUT2D eigenvalue weighted by atomic mass is 10.0. The second kappa shape index (κ2) is 9.75. The molecule has 0 unspecified atom stereocenters. The van der Waals surface area contributed by atoms with Gasteiger partial charge >= 0.3 is 0 Å². The third-order valence-electron chi connectivity index (χ3n) is 8.39. The third-order valence-corrected chi connectivity index (χ3v) is 8.39. The number of hydrogen-bond donors (Lipinski definition) is 0. The molecule has 44 heavy (non-hydrogen) atoms. The summed E-state index contributed by atoms with van der Waals surface area (Å²) in [6.45, 7) is 0. The van der Waals surface area contributed by atoms with E-state index in [-0.39, 0.29) is 0 Å². The molecule has 0 N–H and O–H groups in total. The van der Waals surface area contributed by atoms with Crippen molar-refractivity contribution in [1.82, 2.24) is 24.1 Å². The van der Waals surface area contributed by atoms with Crippen molar-refractivity contribution in [1.29, 1.82) is 0 Å². The molecule has 0 aliphatic carbocycles. The largest absolute Gasteiger partial charge is 0.307 e. The van der Waals surface area contributed by atoms with Crippen LogP contribution in [0.2, 0.25) is 0 Å². The Morgan fingerprint density at radius 3 is 1.93 bits per heavy atom. The average molecular weight is 564 g/mol. The van der Waals surface area contributed by atoms with Crippen molar-refractivity contribution in [3.8, 4) is 33.9 Å². The molecule has 9 rings (SSSR count). The number of rotatable bonds is 4. The fourth-order valence-corrected chi connectivity index (χ4v) is 6.46. The molecule has 4 aromatic carbocycles. The van der Waals surface area contributed by atoms with Crippen LogP contribution in [0.1, 0.15) is 0 Å². The van der Waals surface area contributed by atoms with E-state index in [1.807, 2.05) is 30.6 Å². The number of aromatic nitrogens is 5. The summed E-state index contributed by atoms with van der Waals surface area (Å²) in [7, 11) is 0. The van der Waals surface area contributed by atoms with Crippen LogP contribution in [0.15, 0.2) is 152 Å². The van der Waals surface area contributed by atoms with Crippen LogP contribution in [-0.4, -0.2) is 24.1 Å². The van der Waals surface area contributed by atoms with Crippen LogP contribution in [0, 0.1) is 0 Å². The zero-order valence-electron chi connectivity index (χ0n) is 23.7. The van der Waals surface area contributed by atoms with E-state index in [9.17, 15) is 0 Å². The highest BCUT2D eigenvalue weighted by Gasteiger charge is 2.23. The fraction of sp³-hybridized carbons (Fsp3) is 0. The molecule has 9 aromatic rings. The van der Waals surface area contributed by atoms with E-state index >= 15 is 0 Å². The lowest BCUT2D eigenvalue weighted by Crippen LogP contribution is -2.02. The van der Waals surface area contributed by atoms with E-state index in [1.54, 1.807) is 0 Å². The van der Waals surface area contributed by atoms with Gasteiger partial charge in [0.15, 0.2) is 0 Å². The van der Waals surface area contributed by atoms with Gasteiger partial charge < -0.3 is 4.57 Å². The first-order valence-electron chi connectivity index (χ1n) is 14.7. The van der Waals surface area contributed by atoms with Gasteiger partial charge in [0.2, 0.25) is 0 Å². The van der Waals surface area contributed by atoms with Gasteiger partial charge in [-0.1, -0.05) is 97.1 Å². The van der Waals surface area contributed by atoms with Crippen molar-refractivity contribution in [3.05, 3.63) is 152 Å². The molecule has 5 heteroatoms. The Bertz CT molecular complexity index is 2420. The SMILES string of the molecule is c1ccc(-c2cc(-c3ccccc3)nc(-n3c4cccnc4c4ncc5c6ccccc6n(-c6ccccc6)c5c43)c2)cc1. The van der Waals surface area contributed by atoms with E-state index in [0.717, 1.165) is 77.8 Å². The molecule has 0 aliphatic heterocycles. The fourth-order valence-electron chi connectivity index (χ4n) is 6.46. The highest BCUT2D eigenvalue weighted by Crippen LogP contribution is 2.40. The van der Waals surface area contributed by atoms with Crippen molar-refractivity contribution in [3.63, 3.8) is 0 Å². The third kappa shape index (κ3) is 3.69. The van der Waals surface area contributed by atoms with Gasteiger partial charge in [-0.2, -0.15) is 0 Å². The molecule has 0 aliphatic rings. The first-order valence-corrected chi connectivity index (χ1v) is 14.7. The maximum absolute atomic E-state index is 5.33. The number of fused-ring (bicyclic) bond motifs is 7. The smallest absolute Gasteiger partial charge is 0.139 e. The normalized spacial score (nSPS) is 11.6. The molecule has 206 valence electrons.